The summed E-state index contributed by atoms with van der Waals surface area (Å²) in [6.07, 6.45) is 0. The molecular formula is C27H22N2O4S2. The highest BCUT2D eigenvalue weighted by Gasteiger charge is 2.27. The van der Waals surface area contributed by atoms with Gasteiger partial charge in [0.25, 0.3) is 5.91 Å². The summed E-state index contributed by atoms with van der Waals surface area (Å²) >= 11 is 2.33. The van der Waals surface area contributed by atoms with Crippen LogP contribution in [0.1, 0.15) is 36.0 Å². The number of hydrogen-bond acceptors (Lipinski definition) is 7. The van der Waals surface area contributed by atoms with E-state index in [0.717, 1.165) is 11.3 Å². The number of carbonyl (C=O) groups is 3. The lowest BCUT2D eigenvalue weighted by atomic mass is 10.1. The van der Waals surface area contributed by atoms with Gasteiger partial charge in [0.15, 0.2) is 5.78 Å². The molecule has 0 aliphatic carbocycles. The van der Waals surface area contributed by atoms with E-state index in [2.05, 4.69) is 5.32 Å². The number of methoxy groups -OCH3 is 1. The molecule has 4 rings (SSSR count). The molecule has 1 aromatic heterocycles. The molecule has 8 heteroatoms. The zero-order valence-electron chi connectivity index (χ0n) is 18.8. The number of amides is 1. The number of rotatable bonds is 9. The number of hydrogen-bond donors (Lipinski definition) is 2. The van der Waals surface area contributed by atoms with Crippen molar-refractivity contribution in [3.05, 3.63) is 106 Å². The van der Waals surface area contributed by atoms with E-state index in [1.807, 2.05) is 12.1 Å². The van der Waals surface area contributed by atoms with Gasteiger partial charge in [0.05, 0.1) is 33.2 Å². The molecular weight excluding hydrogens is 480 g/mol. The van der Waals surface area contributed by atoms with E-state index in [4.69, 9.17) is 10.5 Å². The quantitative estimate of drug-likeness (QED) is 0.222. The molecule has 0 saturated heterocycles. The van der Waals surface area contributed by atoms with Gasteiger partial charge in [0, 0.05) is 16.8 Å². The third-order valence-electron chi connectivity index (χ3n) is 5.16. The molecule has 6 nitrogen and oxygen atoms in total. The molecule has 0 saturated carbocycles. The van der Waals surface area contributed by atoms with Crippen LogP contribution in [0.15, 0.2) is 89.1 Å². The van der Waals surface area contributed by atoms with Gasteiger partial charge in [-0.25, -0.2) is 0 Å². The number of nitrogens with one attached hydrogen (secondary N) is 1. The second-order valence-corrected chi connectivity index (χ2v) is 9.73. The van der Waals surface area contributed by atoms with Gasteiger partial charge in [-0.1, -0.05) is 60.7 Å². The van der Waals surface area contributed by atoms with Gasteiger partial charge in [-0.3, -0.25) is 14.4 Å². The Kier molecular flexibility index (Phi) is 7.64. The molecule has 3 N–H and O–H groups in total. The molecule has 4 aromatic rings. The highest BCUT2D eigenvalue weighted by Crippen LogP contribution is 2.40. The number of thioether (sulfide) groups is 1. The third-order valence-corrected chi connectivity index (χ3v) is 7.64. The summed E-state index contributed by atoms with van der Waals surface area (Å²) in [5.41, 5.74) is 8.26. The van der Waals surface area contributed by atoms with Crippen LogP contribution in [-0.2, 0) is 0 Å². The summed E-state index contributed by atoms with van der Waals surface area (Å²) in [7, 11) is 1.56. The Morgan fingerprint density at radius 3 is 2.09 bits per heavy atom. The molecule has 0 spiro atoms. The molecule has 0 fully saturated rings. The van der Waals surface area contributed by atoms with E-state index in [9.17, 15) is 14.4 Å². The smallest absolute Gasteiger partial charge is 0.259 e. The fraction of sp³-hybridized carbons (Fsp3) is 0.0741. The van der Waals surface area contributed by atoms with Gasteiger partial charge < -0.3 is 15.8 Å². The van der Waals surface area contributed by atoms with Gasteiger partial charge in [-0.2, -0.15) is 0 Å². The number of ketones is 2. The van der Waals surface area contributed by atoms with Crippen molar-refractivity contribution in [2.75, 3.05) is 23.9 Å². The number of thiophene rings is 1. The minimum Gasteiger partial charge on any atom is -0.497 e. The average molecular weight is 503 g/mol. The van der Waals surface area contributed by atoms with Crippen LogP contribution in [0.4, 0.5) is 11.4 Å². The van der Waals surface area contributed by atoms with Crippen LogP contribution >= 0.6 is 23.1 Å². The predicted molar refractivity (Wildman–Crippen MR) is 141 cm³/mol. The molecule has 1 amide bonds. The van der Waals surface area contributed by atoms with Gasteiger partial charge in [0.2, 0.25) is 5.78 Å². The molecule has 35 heavy (non-hydrogen) atoms. The van der Waals surface area contributed by atoms with Crippen molar-refractivity contribution in [1.82, 2.24) is 0 Å². The zero-order chi connectivity index (χ0) is 24.8. The maximum atomic E-state index is 13.3. The zero-order valence-corrected chi connectivity index (χ0v) is 20.4. The van der Waals surface area contributed by atoms with Crippen molar-refractivity contribution in [2.24, 2.45) is 0 Å². The molecule has 0 aliphatic rings. The van der Waals surface area contributed by atoms with Gasteiger partial charge in [-0.15, -0.1) is 23.1 Å². The van der Waals surface area contributed by atoms with E-state index in [0.29, 0.717) is 26.8 Å². The maximum Gasteiger partial charge on any atom is 0.259 e. The number of benzene rings is 3. The number of nitrogen functional groups attached to an aromatic ring is 1. The summed E-state index contributed by atoms with van der Waals surface area (Å²) in [6, 6.07) is 24.5. The van der Waals surface area contributed by atoms with Gasteiger partial charge >= 0.3 is 0 Å². The lowest BCUT2D eigenvalue weighted by molar-refractivity contribution is 0.101. The lowest BCUT2D eigenvalue weighted by Crippen LogP contribution is -2.15. The van der Waals surface area contributed by atoms with Crippen molar-refractivity contribution >= 4 is 51.9 Å². The highest BCUT2D eigenvalue weighted by atomic mass is 32.2. The fourth-order valence-electron chi connectivity index (χ4n) is 3.33. The highest BCUT2D eigenvalue weighted by molar-refractivity contribution is 8.01. The minimum absolute atomic E-state index is 0.0833. The van der Waals surface area contributed by atoms with E-state index in [1.54, 1.807) is 79.9 Å². The van der Waals surface area contributed by atoms with E-state index < -0.39 is 5.91 Å². The Balaban J connectivity index is 1.65. The number of nitrogens with two attached hydrogens (primary N) is 1. The molecule has 0 atom stereocenters. The summed E-state index contributed by atoms with van der Waals surface area (Å²) in [6.45, 7) is 0. The van der Waals surface area contributed by atoms with E-state index in [-0.39, 0.29) is 33.4 Å². The van der Waals surface area contributed by atoms with E-state index in [1.165, 1.54) is 11.8 Å². The lowest BCUT2D eigenvalue weighted by Gasteiger charge is -2.08. The number of Topliss-reactive ketones (excluding diaryl/α,β-unsaturated/α-hetero) is 1. The molecule has 0 radical (unpaired) electrons. The van der Waals surface area contributed by atoms with Crippen LogP contribution in [0.3, 0.4) is 0 Å². The van der Waals surface area contributed by atoms with Crippen LogP contribution in [0, 0.1) is 0 Å². The van der Waals surface area contributed by atoms with Gasteiger partial charge in [-0.05, 0) is 24.3 Å². The first-order valence-corrected chi connectivity index (χ1v) is 12.5. The van der Waals surface area contributed by atoms with Crippen molar-refractivity contribution in [3.8, 4) is 5.75 Å². The second-order valence-electron chi connectivity index (χ2n) is 7.46. The molecule has 176 valence electrons. The SMILES string of the molecule is COc1ccc(NC(=O)c2c(SCC(=O)c3ccccc3)sc(C(=O)c3ccccc3)c2N)cc1. The summed E-state index contributed by atoms with van der Waals surface area (Å²) in [5, 5.41) is 2.82. The van der Waals surface area contributed by atoms with Crippen LogP contribution < -0.4 is 15.8 Å². The average Bonchev–Trinajstić information content (AvgIpc) is 3.24. The third kappa shape index (κ3) is 5.62. The number of ether oxygens (including phenoxy) is 1. The van der Waals surface area contributed by atoms with E-state index >= 15 is 0 Å². The Hall–Kier alpha value is -3.88. The standard InChI is InChI=1S/C27H22N2O4S2/c1-33-20-14-12-19(13-15-20)29-26(32)22-23(28)25(24(31)18-10-6-3-7-11-18)35-27(22)34-16-21(30)17-8-4-2-5-9-17/h2-15H,16,28H2,1H3,(H,29,32). The Bertz CT molecular complexity index is 1350. The van der Waals surface area contributed by atoms with Crippen molar-refractivity contribution in [1.29, 1.82) is 0 Å². The first-order chi connectivity index (χ1) is 17.0. The van der Waals surface area contributed by atoms with Crippen LogP contribution in [0.25, 0.3) is 0 Å². The summed E-state index contributed by atoms with van der Waals surface area (Å²) in [5.74, 6) is -0.0471. The summed E-state index contributed by atoms with van der Waals surface area (Å²) < 4.78 is 5.67. The van der Waals surface area contributed by atoms with Crippen LogP contribution in [-0.4, -0.2) is 30.3 Å². The Morgan fingerprint density at radius 1 is 0.886 bits per heavy atom. The van der Waals surface area contributed by atoms with Crippen molar-refractivity contribution < 1.29 is 19.1 Å². The minimum atomic E-state index is -0.453. The number of carbonyl (C=O) groups excluding carboxylic acids is 3. The first-order valence-electron chi connectivity index (χ1n) is 10.7. The Morgan fingerprint density at radius 2 is 1.49 bits per heavy atom. The van der Waals surface area contributed by atoms with Gasteiger partial charge in [0.1, 0.15) is 5.75 Å². The normalized spacial score (nSPS) is 10.5. The van der Waals surface area contributed by atoms with Crippen molar-refractivity contribution in [2.45, 2.75) is 4.21 Å². The predicted octanol–water partition coefficient (Wildman–Crippen LogP) is 5.80. The molecule has 0 bridgehead atoms. The Labute approximate surface area is 211 Å². The molecule has 3 aromatic carbocycles. The van der Waals surface area contributed by atoms with Crippen LogP contribution in [0.5, 0.6) is 5.75 Å². The largest absolute Gasteiger partial charge is 0.497 e. The van der Waals surface area contributed by atoms with Crippen molar-refractivity contribution in [3.63, 3.8) is 0 Å². The molecule has 0 unspecified atom stereocenters. The number of anilines is 2. The monoisotopic (exact) mass is 502 g/mol. The first kappa shape index (κ1) is 24.3. The topological polar surface area (TPSA) is 98.5 Å². The second kappa shape index (κ2) is 11.0. The molecule has 1 heterocycles. The van der Waals surface area contributed by atoms with Crippen LogP contribution in [0.2, 0.25) is 0 Å². The maximum absolute atomic E-state index is 13.3. The summed E-state index contributed by atoms with van der Waals surface area (Å²) in [4.78, 5) is 39.4. The molecule has 0 aliphatic heterocycles. The fourth-order valence-corrected chi connectivity index (χ4v) is 5.69.